The monoisotopic (exact) mass is 460 g/mol. The van der Waals surface area contributed by atoms with E-state index in [-0.39, 0.29) is 17.9 Å². The van der Waals surface area contributed by atoms with Crippen molar-refractivity contribution in [3.8, 4) is 17.6 Å². The summed E-state index contributed by atoms with van der Waals surface area (Å²) in [6, 6.07) is 15.4. The van der Waals surface area contributed by atoms with Gasteiger partial charge in [0, 0.05) is 5.69 Å². The zero-order valence-corrected chi connectivity index (χ0v) is 19.0. The largest absolute Gasteiger partial charge is 0.490 e. The highest BCUT2D eigenvalue weighted by Crippen LogP contribution is 2.30. The number of hydrogen-bond acceptors (Lipinski definition) is 6. The van der Waals surface area contributed by atoms with Crippen LogP contribution in [0.2, 0.25) is 0 Å². The number of aryl methyl sites for hydroxylation is 1. The molecule has 0 radical (unpaired) electrons. The summed E-state index contributed by atoms with van der Waals surface area (Å²) in [6.07, 6.45) is 1.47. The quantitative estimate of drug-likeness (QED) is 0.336. The molecular formula is C26H24N2O6. The average Bonchev–Trinajstić information content (AvgIpc) is 3.29. The fourth-order valence-electron chi connectivity index (χ4n) is 3.11. The Kier molecular flexibility index (Phi) is 7.72. The van der Waals surface area contributed by atoms with E-state index in [9.17, 15) is 14.9 Å². The second-order valence-corrected chi connectivity index (χ2v) is 7.37. The highest BCUT2D eigenvalue weighted by atomic mass is 16.5. The third-order valence-electron chi connectivity index (χ3n) is 5.04. The van der Waals surface area contributed by atoms with Gasteiger partial charge in [0.2, 0.25) is 5.76 Å². The van der Waals surface area contributed by atoms with Gasteiger partial charge >= 0.3 is 5.97 Å². The van der Waals surface area contributed by atoms with Gasteiger partial charge in [-0.3, -0.25) is 4.79 Å². The van der Waals surface area contributed by atoms with Crippen LogP contribution in [0.4, 0.5) is 5.69 Å². The van der Waals surface area contributed by atoms with Crippen molar-refractivity contribution >= 4 is 23.6 Å². The van der Waals surface area contributed by atoms with E-state index in [1.54, 1.807) is 24.3 Å². The maximum Gasteiger partial charge on any atom is 0.371 e. The lowest BCUT2D eigenvalue weighted by Crippen LogP contribution is -2.14. The zero-order valence-electron chi connectivity index (χ0n) is 19.0. The summed E-state index contributed by atoms with van der Waals surface area (Å²) in [4.78, 5) is 23.6. The van der Waals surface area contributed by atoms with Crippen molar-refractivity contribution < 1.29 is 28.6 Å². The molecule has 0 bridgehead atoms. The second kappa shape index (κ2) is 10.9. The van der Waals surface area contributed by atoms with Crippen molar-refractivity contribution in [2.75, 3.05) is 11.9 Å². The molecule has 3 aromatic rings. The number of anilines is 1. The van der Waals surface area contributed by atoms with E-state index in [1.165, 1.54) is 18.2 Å². The van der Waals surface area contributed by atoms with Gasteiger partial charge in [-0.15, -0.1) is 0 Å². The molecule has 34 heavy (non-hydrogen) atoms. The predicted molar refractivity (Wildman–Crippen MR) is 126 cm³/mol. The van der Waals surface area contributed by atoms with Crippen molar-refractivity contribution in [1.29, 1.82) is 5.26 Å². The minimum atomic E-state index is -1.16. The molecule has 0 saturated carbocycles. The van der Waals surface area contributed by atoms with Crippen LogP contribution in [0.3, 0.4) is 0 Å². The molecule has 174 valence electrons. The maximum atomic E-state index is 12.7. The average molecular weight is 460 g/mol. The summed E-state index contributed by atoms with van der Waals surface area (Å²) in [7, 11) is 0. The molecule has 3 rings (SSSR count). The first kappa shape index (κ1) is 24.1. The van der Waals surface area contributed by atoms with Crippen LogP contribution >= 0.6 is 0 Å². The lowest BCUT2D eigenvalue weighted by molar-refractivity contribution is -0.112. The van der Waals surface area contributed by atoms with Gasteiger partial charge in [0.25, 0.3) is 5.91 Å². The van der Waals surface area contributed by atoms with Crippen LogP contribution in [0.15, 0.2) is 58.5 Å². The second-order valence-electron chi connectivity index (χ2n) is 7.37. The van der Waals surface area contributed by atoms with Crippen LogP contribution in [-0.2, 0) is 11.4 Å². The number of nitrogens with one attached hydrogen (secondary N) is 1. The van der Waals surface area contributed by atoms with E-state index in [0.29, 0.717) is 35.1 Å². The fraction of sp³-hybridized carbons (Fsp3) is 0.192. The van der Waals surface area contributed by atoms with Gasteiger partial charge in [-0.05, 0) is 73.9 Å². The minimum absolute atomic E-state index is 0.00420. The van der Waals surface area contributed by atoms with Gasteiger partial charge in [0.05, 0.1) is 6.61 Å². The number of carboxylic acid groups (broad SMARTS) is 1. The lowest BCUT2D eigenvalue weighted by Gasteiger charge is -2.12. The smallest absolute Gasteiger partial charge is 0.371 e. The Morgan fingerprint density at radius 1 is 1.12 bits per heavy atom. The standard InChI is InChI=1S/C26H24N2O6/c1-4-32-24-13-18(8-10-22(24)33-15-20-9-11-23(34-20)26(30)31)12-19(14-27)25(29)28-21-7-5-6-16(2)17(21)3/h5-13H,4,15H2,1-3H3,(H,28,29)(H,30,31). The van der Waals surface area contributed by atoms with Crippen molar-refractivity contribution in [3.63, 3.8) is 0 Å². The number of carbonyl (C=O) groups is 2. The summed E-state index contributed by atoms with van der Waals surface area (Å²) in [5.74, 6) is -0.682. The number of nitriles is 1. The Hall–Kier alpha value is -4.51. The molecule has 0 aliphatic heterocycles. The van der Waals surface area contributed by atoms with Crippen molar-refractivity contribution in [1.82, 2.24) is 0 Å². The summed E-state index contributed by atoms with van der Waals surface area (Å²) < 4.78 is 16.6. The molecule has 0 aliphatic rings. The van der Waals surface area contributed by atoms with Gasteiger partial charge in [-0.1, -0.05) is 18.2 Å². The van der Waals surface area contributed by atoms with E-state index in [2.05, 4.69) is 5.32 Å². The summed E-state index contributed by atoms with van der Waals surface area (Å²) >= 11 is 0. The number of furan rings is 1. The number of benzene rings is 2. The maximum absolute atomic E-state index is 12.7. The molecule has 2 aromatic carbocycles. The number of rotatable bonds is 9. The molecule has 2 N–H and O–H groups in total. The summed E-state index contributed by atoms with van der Waals surface area (Å²) in [5, 5.41) is 21.3. The number of carboxylic acids is 1. The van der Waals surface area contributed by atoms with Gasteiger partial charge in [0.1, 0.15) is 24.0 Å². The van der Waals surface area contributed by atoms with E-state index in [1.807, 2.05) is 39.0 Å². The molecule has 8 heteroatoms. The molecule has 1 amide bonds. The number of carbonyl (C=O) groups excluding carboxylic acids is 1. The van der Waals surface area contributed by atoms with Crippen LogP contribution in [0.25, 0.3) is 6.08 Å². The zero-order chi connectivity index (χ0) is 24.7. The molecule has 0 unspecified atom stereocenters. The van der Waals surface area contributed by atoms with Crippen LogP contribution < -0.4 is 14.8 Å². The molecular weight excluding hydrogens is 436 g/mol. The van der Waals surface area contributed by atoms with E-state index in [4.69, 9.17) is 19.0 Å². The molecule has 1 aromatic heterocycles. The first-order valence-corrected chi connectivity index (χ1v) is 10.5. The Morgan fingerprint density at radius 3 is 2.59 bits per heavy atom. The van der Waals surface area contributed by atoms with E-state index in [0.717, 1.165) is 11.1 Å². The number of aromatic carboxylic acids is 1. The van der Waals surface area contributed by atoms with Crippen LogP contribution in [-0.4, -0.2) is 23.6 Å². The minimum Gasteiger partial charge on any atom is -0.490 e. The Balaban J connectivity index is 1.79. The van der Waals surface area contributed by atoms with Crippen LogP contribution in [0.5, 0.6) is 11.5 Å². The first-order valence-electron chi connectivity index (χ1n) is 10.5. The Bertz CT molecular complexity index is 1280. The van der Waals surface area contributed by atoms with Gasteiger partial charge in [-0.2, -0.15) is 5.26 Å². The normalized spacial score (nSPS) is 10.9. The highest BCUT2D eigenvalue weighted by molar-refractivity contribution is 6.10. The molecule has 0 saturated heterocycles. The van der Waals surface area contributed by atoms with Crippen molar-refractivity contribution in [2.45, 2.75) is 27.4 Å². The molecule has 0 aliphatic carbocycles. The van der Waals surface area contributed by atoms with Crippen LogP contribution in [0.1, 0.15) is 39.9 Å². The van der Waals surface area contributed by atoms with E-state index >= 15 is 0 Å². The topological polar surface area (TPSA) is 122 Å². The number of amides is 1. The van der Waals surface area contributed by atoms with Crippen molar-refractivity contribution in [3.05, 3.63) is 82.3 Å². The lowest BCUT2D eigenvalue weighted by atomic mass is 10.1. The molecule has 8 nitrogen and oxygen atoms in total. The summed E-state index contributed by atoms with van der Waals surface area (Å²) in [5.41, 5.74) is 3.13. The third-order valence-corrected chi connectivity index (χ3v) is 5.04. The molecule has 0 atom stereocenters. The summed E-state index contributed by atoms with van der Waals surface area (Å²) in [6.45, 7) is 6.03. The molecule has 1 heterocycles. The van der Waals surface area contributed by atoms with E-state index < -0.39 is 11.9 Å². The van der Waals surface area contributed by atoms with Gasteiger partial charge in [-0.25, -0.2) is 4.79 Å². The Morgan fingerprint density at radius 2 is 1.91 bits per heavy atom. The molecule has 0 fully saturated rings. The predicted octanol–water partition coefficient (Wildman–Crippen LogP) is 5.12. The Labute approximate surface area is 197 Å². The number of nitrogens with zero attached hydrogens (tertiary/aromatic N) is 1. The number of hydrogen-bond donors (Lipinski definition) is 2. The number of ether oxygens (including phenoxy) is 2. The SMILES string of the molecule is CCOc1cc(C=C(C#N)C(=O)Nc2cccc(C)c2C)ccc1OCc1ccc(C(=O)O)o1. The van der Waals surface area contributed by atoms with Crippen LogP contribution in [0, 0.1) is 25.2 Å². The fourth-order valence-corrected chi connectivity index (χ4v) is 3.11. The first-order chi connectivity index (χ1) is 16.3. The van der Waals surface area contributed by atoms with Crippen molar-refractivity contribution in [2.24, 2.45) is 0 Å². The third kappa shape index (κ3) is 5.84. The molecule has 0 spiro atoms. The van der Waals surface area contributed by atoms with Gasteiger partial charge in [0.15, 0.2) is 11.5 Å². The van der Waals surface area contributed by atoms with Gasteiger partial charge < -0.3 is 24.3 Å². The highest BCUT2D eigenvalue weighted by Gasteiger charge is 2.14.